The fourth-order valence-corrected chi connectivity index (χ4v) is 2.24. The van der Waals surface area contributed by atoms with Gasteiger partial charge in [-0.1, -0.05) is 12.1 Å². The molecule has 1 aromatic carbocycles. The van der Waals surface area contributed by atoms with Crippen molar-refractivity contribution in [1.82, 2.24) is 14.3 Å². The van der Waals surface area contributed by atoms with E-state index in [1.807, 2.05) is 23.6 Å². The SMILES string of the molecule is O=c1[nH]c(O)c(-c2ccc3csnc3c2)[nH]1. The Kier molecular flexibility index (Phi) is 1.84. The first-order valence-electron chi connectivity index (χ1n) is 4.60. The van der Waals surface area contributed by atoms with Gasteiger partial charge in [0.05, 0.1) is 5.52 Å². The van der Waals surface area contributed by atoms with E-state index >= 15 is 0 Å². The normalized spacial score (nSPS) is 11.0. The molecule has 80 valence electrons. The molecule has 3 N–H and O–H groups in total. The molecule has 0 atom stereocenters. The number of nitrogens with zero attached hydrogens (tertiary/aromatic N) is 1. The molecule has 0 aliphatic heterocycles. The molecule has 0 aliphatic carbocycles. The van der Waals surface area contributed by atoms with E-state index in [9.17, 15) is 9.90 Å². The lowest BCUT2D eigenvalue weighted by atomic mass is 10.1. The van der Waals surface area contributed by atoms with Crippen LogP contribution in [0.25, 0.3) is 22.2 Å². The number of imidazole rings is 1. The van der Waals surface area contributed by atoms with Crippen molar-refractivity contribution in [3.05, 3.63) is 34.1 Å². The molecule has 5 nitrogen and oxygen atoms in total. The molecule has 2 aromatic heterocycles. The van der Waals surface area contributed by atoms with Crippen LogP contribution in [0.15, 0.2) is 28.4 Å². The average Bonchev–Trinajstić information content (AvgIpc) is 2.83. The molecule has 6 heteroatoms. The first kappa shape index (κ1) is 9.17. The zero-order valence-corrected chi connectivity index (χ0v) is 8.84. The summed E-state index contributed by atoms with van der Waals surface area (Å²) in [5.74, 6) is -0.153. The Morgan fingerprint density at radius 2 is 2.19 bits per heavy atom. The molecular weight excluding hydrogens is 226 g/mol. The Morgan fingerprint density at radius 1 is 1.31 bits per heavy atom. The Labute approximate surface area is 93.6 Å². The van der Waals surface area contributed by atoms with E-state index < -0.39 is 5.69 Å². The molecule has 3 aromatic rings. The number of rotatable bonds is 1. The van der Waals surface area contributed by atoms with E-state index in [1.165, 1.54) is 11.5 Å². The molecule has 2 heterocycles. The molecule has 0 saturated carbocycles. The number of hydrogen-bond acceptors (Lipinski definition) is 4. The van der Waals surface area contributed by atoms with Crippen molar-refractivity contribution in [2.75, 3.05) is 0 Å². The van der Waals surface area contributed by atoms with Crippen LogP contribution in [-0.2, 0) is 0 Å². The lowest BCUT2D eigenvalue weighted by Crippen LogP contribution is -1.99. The van der Waals surface area contributed by atoms with Gasteiger partial charge in [-0.05, 0) is 17.6 Å². The summed E-state index contributed by atoms with van der Waals surface area (Å²) in [5, 5.41) is 12.5. The van der Waals surface area contributed by atoms with Crippen LogP contribution >= 0.6 is 11.5 Å². The number of benzene rings is 1. The predicted octanol–water partition coefficient (Wildman–Crippen LogP) is 1.69. The second kappa shape index (κ2) is 3.21. The van der Waals surface area contributed by atoms with E-state index in [0.717, 1.165) is 16.5 Å². The predicted molar refractivity (Wildman–Crippen MR) is 61.7 cm³/mol. The van der Waals surface area contributed by atoms with Crippen molar-refractivity contribution in [2.24, 2.45) is 0 Å². The maximum atomic E-state index is 11.0. The molecule has 16 heavy (non-hydrogen) atoms. The number of aromatic amines is 2. The largest absolute Gasteiger partial charge is 0.493 e. The minimum atomic E-state index is -0.425. The van der Waals surface area contributed by atoms with Crippen molar-refractivity contribution >= 4 is 22.4 Å². The van der Waals surface area contributed by atoms with Gasteiger partial charge in [0.2, 0.25) is 5.88 Å². The van der Waals surface area contributed by atoms with E-state index in [1.54, 1.807) is 0 Å². The Hall–Kier alpha value is -2.08. The second-order valence-corrected chi connectivity index (χ2v) is 4.02. The van der Waals surface area contributed by atoms with Crippen LogP contribution in [0.3, 0.4) is 0 Å². The summed E-state index contributed by atoms with van der Waals surface area (Å²) in [4.78, 5) is 15.8. The minimum absolute atomic E-state index is 0.153. The zero-order chi connectivity index (χ0) is 11.1. The molecule has 0 amide bonds. The highest BCUT2D eigenvalue weighted by Gasteiger charge is 2.09. The standard InChI is InChI=1S/C10H7N3O2S/c14-9-8(11-10(15)12-9)5-1-2-6-4-16-13-7(6)3-5/h1-4,14H,(H2,11,12,15). The molecule has 0 spiro atoms. The summed E-state index contributed by atoms with van der Waals surface area (Å²) >= 11 is 1.37. The Morgan fingerprint density at radius 3 is 2.94 bits per heavy atom. The van der Waals surface area contributed by atoms with Crippen molar-refractivity contribution in [3.8, 4) is 17.1 Å². The summed E-state index contributed by atoms with van der Waals surface area (Å²) in [5.41, 5.74) is 1.55. The van der Waals surface area contributed by atoms with Gasteiger partial charge in [-0.3, -0.25) is 4.98 Å². The third-order valence-corrected chi connectivity index (χ3v) is 3.02. The molecular formula is C10H7N3O2S. The summed E-state index contributed by atoms with van der Waals surface area (Å²) in [6.07, 6.45) is 0. The molecule has 0 unspecified atom stereocenters. The Balaban J connectivity index is 2.25. The summed E-state index contributed by atoms with van der Waals surface area (Å²) in [7, 11) is 0. The van der Waals surface area contributed by atoms with Gasteiger partial charge in [0.1, 0.15) is 5.69 Å². The van der Waals surface area contributed by atoms with E-state index in [0.29, 0.717) is 5.69 Å². The van der Waals surface area contributed by atoms with Crippen molar-refractivity contribution in [2.45, 2.75) is 0 Å². The molecule has 0 fully saturated rings. The highest BCUT2D eigenvalue weighted by atomic mass is 32.1. The second-order valence-electron chi connectivity index (χ2n) is 3.39. The van der Waals surface area contributed by atoms with E-state index in [4.69, 9.17) is 0 Å². The van der Waals surface area contributed by atoms with Crippen LogP contribution in [0.2, 0.25) is 0 Å². The number of aromatic hydroxyl groups is 1. The smallest absolute Gasteiger partial charge is 0.326 e. The third kappa shape index (κ3) is 1.31. The summed E-state index contributed by atoms with van der Waals surface area (Å²) in [6, 6.07) is 5.55. The van der Waals surface area contributed by atoms with Crippen molar-refractivity contribution in [3.63, 3.8) is 0 Å². The number of H-pyrrole nitrogens is 2. The van der Waals surface area contributed by atoms with Gasteiger partial charge in [-0.25, -0.2) is 4.79 Å². The number of hydrogen-bond donors (Lipinski definition) is 3. The lowest BCUT2D eigenvalue weighted by molar-refractivity contribution is 0.457. The molecule has 0 aliphatic rings. The van der Waals surface area contributed by atoms with Gasteiger partial charge in [-0.2, -0.15) is 4.37 Å². The van der Waals surface area contributed by atoms with Gasteiger partial charge < -0.3 is 10.1 Å². The zero-order valence-electron chi connectivity index (χ0n) is 8.02. The molecule has 3 rings (SSSR count). The number of fused-ring (bicyclic) bond motifs is 1. The number of nitrogens with one attached hydrogen (secondary N) is 2. The van der Waals surface area contributed by atoms with Crippen molar-refractivity contribution < 1.29 is 5.11 Å². The fourth-order valence-electron chi connectivity index (χ4n) is 1.60. The van der Waals surface area contributed by atoms with Crippen LogP contribution in [0.4, 0.5) is 0 Å². The van der Waals surface area contributed by atoms with Gasteiger partial charge in [-0.15, -0.1) is 0 Å². The van der Waals surface area contributed by atoms with Gasteiger partial charge in [0.15, 0.2) is 0 Å². The Bertz CT molecular complexity index is 710. The van der Waals surface area contributed by atoms with Crippen molar-refractivity contribution in [1.29, 1.82) is 0 Å². The first-order chi connectivity index (χ1) is 7.74. The minimum Gasteiger partial charge on any atom is -0.493 e. The quantitative estimate of drug-likeness (QED) is 0.598. The topological polar surface area (TPSA) is 81.8 Å². The maximum absolute atomic E-state index is 11.0. The highest BCUT2D eigenvalue weighted by molar-refractivity contribution is 7.04. The molecule has 0 saturated heterocycles. The van der Waals surface area contributed by atoms with E-state index in [-0.39, 0.29) is 5.88 Å². The lowest BCUT2D eigenvalue weighted by Gasteiger charge is -1.97. The van der Waals surface area contributed by atoms with Crippen LogP contribution in [0, 0.1) is 0 Å². The summed E-state index contributed by atoms with van der Waals surface area (Å²) < 4.78 is 4.20. The highest BCUT2D eigenvalue weighted by Crippen LogP contribution is 2.27. The third-order valence-electron chi connectivity index (χ3n) is 2.36. The summed E-state index contributed by atoms with van der Waals surface area (Å²) in [6.45, 7) is 0. The molecule has 0 bridgehead atoms. The van der Waals surface area contributed by atoms with Gasteiger partial charge >= 0.3 is 5.69 Å². The van der Waals surface area contributed by atoms with E-state index in [2.05, 4.69) is 14.3 Å². The fraction of sp³-hybridized carbons (Fsp3) is 0. The van der Waals surface area contributed by atoms with Crippen LogP contribution in [0.1, 0.15) is 0 Å². The van der Waals surface area contributed by atoms with Crippen LogP contribution < -0.4 is 5.69 Å². The average molecular weight is 233 g/mol. The van der Waals surface area contributed by atoms with Gasteiger partial charge in [0.25, 0.3) is 0 Å². The number of aromatic nitrogens is 3. The van der Waals surface area contributed by atoms with Crippen LogP contribution in [-0.4, -0.2) is 19.4 Å². The first-order valence-corrected chi connectivity index (χ1v) is 5.43. The monoisotopic (exact) mass is 233 g/mol. The molecule has 0 radical (unpaired) electrons. The maximum Gasteiger partial charge on any atom is 0.326 e. The van der Waals surface area contributed by atoms with Crippen LogP contribution in [0.5, 0.6) is 5.88 Å². The van der Waals surface area contributed by atoms with Gasteiger partial charge in [0, 0.05) is 16.3 Å².